The van der Waals surface area contributed by atoms with Gasteiger partial charge in [-0.15, -0.1) is 0 Å². The third-order valence-electron chi connectivity index (χ3n) is 2.94. The Morgan fingerprint density at radius 1 is 1.38 bits per heavy atom. The maximum absolute atomic E-state index is 13.5. The summed E-state index contributed by atoms with van der Waals surface area (Å²) in [4.78, 5) is 13.4. The second kappa shape index (κ2) is 4.61. The monoisotopic (exact) mass is 222 g/mol. The minimum atomic E-state index is -0.688. The van der Waals surface area contributed by atoms with E-state index in [0.717, 1.165) is 13.1 Å². The fraction of sp³-hybridized carbons (Fsp3) is 0.417. The third-order valence-corrected chi connectivity index (χ3v) is 2.94. The van der Waals surface area contributed by atoms with Gasteiger partial charge in [0.15, 0.2) is 0 Å². The Hall–Kier alpha value is -1.42. The van der Waals surface area contributed by atoms with Crippen molar-refractivity contribution in [1.29, 1.82) is 0 Å². The van der Waals surface area contributed by atoms with Gasteiger partial charge in [-0.05, 0) is 37.6 Å². The predicted molar refractivity (Wildman–Crippen MR) is 59.4 cm³/mol. The first-order valence-corrected chi connectivity index (χ1v) is 5.48. The average molecular weight is 222 g/mol. The van der Waals surface area contributed by atoms with Gasteiger partial charge in [0.25, 0.3) is 5.91 Å². The molecule has 0 spiro atoms. The summed E-state index contributed by atoms with van der Waals surface area (Å²) in [6.45, 7) is 2.62. The van der Waals surface area contributed by atoms with Crippen molar-refractivity contribution in [2.24, 2.45) is 5.73 Å². The van der Waals surface area contributed by atoms with Crippen molar-refractivity contribution in [2.75, 3.05) is 13.1 Å². The van der Waals surface area contributed by atoms with Crippen molar-refractivity contribution in [1.82, 2.24) is 4.90 Å². The first kappa shape index (κ1) is 11.1. The first-order valence-electron chi connectivity index (χ1n) is 5.48. The molecule has 86 valence electrons. The van der Waals surface area contributed by atoms with Crippen molar-refractivity contribution in [2.45, 2.75) is 19.4 Å². The van der Waals surface area contributed by atoms with E-state index in [2.05, 4.69) is 4.90 Å². The van der Waals surface area contributed by atoms with E-state index in [9.17, 15) is 9.18 Å². The first-order chi connectivity index (χ1) is 7.68. The van der Waals surface area contributed by atoms with E-state index >= 15 is 0 Å². The van der Waals surface area contributed by atoms with Crippen molar-refractivity contribution in [3.63, 3.8) is 0 Å². The molecular weight excluding hydrogens is 207 g/mol. The number of hydrogen-bond acceptors (Lipinski definition) is 2. The van der Waals surface area contributed by atoms with Gasteiger partial charge in [-0.25, -0.2) is 4.39 Å². The molecule has 0 radical (unpaired) electrons. The van der Waals surface area contributed by atoms with E-state index < -0.39 is 11.7 Å². The number of benzene rings is 1. The van der Waals surface area contributed by atoms with E-state index in [1.54, 1.807) is 12.1 Å². The minimum Gasteiger partial charge on any atom is -0.365 e. The summed E-state index contributed by atoms with van der Waals surface area (Å²) in [5.74, 6) is -1.21. The molecule has 1 amide bonds. The standard InChI is InChI=1S/C12H15FN2O/c13-10-5-3-4-9(11(10)12(14)16)8-15-6-1-2-7-15/h3-5H,1-2,6-8H2,(H2,14,16). The summed E-state index contributed by atoms with van der Waals surface area (Å²) >= 11 is 0. The molecule has 16 heavy (non-hydrogen) atoms. The van der Waals surface area contributed by atoms with Crippen molar-refractivity contribution >= 4 is 5.91 Å². The molecule has 1 aromatic carbocycles. The Balaban J connectivity index is 2.25. The molecule has 1 saturated heterocycles. The maximum Gasteiger partial charge on any atom is 0.252 e. The molecule has 0 unspecified atom stereocenters. The Kier molecular flexibility index (Phi) is 3.19. The fourth-order valence-electron chi connectivity index (χ4n) is 2.16. The summed E-state index contributed by atoms with van der Waals surface area (Å²) in [7, 11) is 0. The zero-order valence-corrected chi connectivity index (χ0v) is 9.08. The molecule has 0 aromatic heterocycles. The molecule has 1 aromatic rings. The number of likely N-dealkylation sites (tertiary alicyclic amines) is 1. The van der Waals surface area contributed by atoms with Crippen molar-refractivity contribution in [3.05, 3.63) is 35.1 Å². The zero-order chi connectivity index (χ0) is 11.5. The molecule has 1 aliphatic rings. The van der Waals surface area contributed by atoms with E-state index in [-0.39, 0.29) is 5.56 Å². The molecule has 1 aliphatic heterocycles. The van der Waals surface area contributed by atoms with Crippen LogP contribution in [0.25, 0.3) is 0 Å². The highest BCUT2D eigenvalue weighted by Gasteiger charge is 2.18. The van der Waals surface area contributed by atoms with Gasteiger partial charge in [0.1, 0.15) is 5.82 Å². The van der Waals surface area contributed by atoms with Crippen LogP contribution in [-0.2, 0) is 6.54 Å². The van der Waals surface area contributed by atoms with Gasteiger partial charge in [0, 0.05) is 6.54 Å². The number of hydrogen-bond donors (Lipinski definition) is 1. The summed E-state index contributed by atoms with van der Waals surface area (Å²) in [5, 5.41) is 0. The normalized spacial score (nSPS) is 16.6. The second-order valence-electron chi connectivity index (χ2n) is 4.12. The molecule has 2 rings (SSSR count). The lowest BCUT2D eigenvalue weighted by atomic mass is 10.1. The molecule has 1 fully saturated rings. The minimum absolute atomic E-state index is 0.0365. The number of carbonyl (C=O) groups excluding carboxylic acids is 1. The fourth-order valence-corrected chi connectivity index (χ4v) is 2.16. The topological polar surface area (TPSA) is 46.3 Å². The van der Waals surface area contributed by atoms with Crippen LogP contribution in [0.2, 0.25) is 0 Å². The summed E-state index contributed by atoms with van der Waals surface area (Å²) in [5.41, 5.74) is 5.92. The Bertz CT molecular complexity index is 400. The van der Waals surface area contributed by atoms with Crippen LogP contribution in [0.1, 0.15) is 28.8 Å². The van der Waals surface area contributed by atoms with Gasteiger partial charge in [0.05, 0.1) is 5.56 Å². The van der Waals surface area contributed by atoms with Gasteiger partial charge in [-0.1, -0.05) is 12.1 Å². The van der Waals surface area contributed by atoms with E-state index in [1.165, 1.54) is 18.9 Å². The number of nitrogens with zero attached hydrogens (tertiary/aromatic N) is 1. The summed E-state index contributed by atoms with van der Waals surface area (Å²) in [6, 6.07) is 4.66. The van der Waals surface area contributed by atoms with Crippen LogP contribution < -0.4 is 5.73 Å². The molecule has 0 bridgehead atoms. The Morgan fingerprint density at radius 2 is 2.06 bits per heavy atom. The molecule has 3 nitrogen and oxygen atoms in total. The third kappa shape index (κ3) is 2.22. The van der Waals surface area contributed by atoms with E-state index in [0.29, 0.717) is 12.1 Å². The lowest BCUT2D eigenvalue weighted by Crippen LogP contribution is -2.23. The predicted octanol–water partition coefficient (Wildman–Crippen LogP) is 1.52. The van der Waals surface area contributed by atoms with Crippen LogP contribution >= 0.6 is 0 Å². The molecule has 2 N–H and O–H groups in total. The SMILES string of the molecule is NC(=O)c1c(F)cccc1CN1CCCC1. The Labute approximate surface area is 94.0 Å². The molecule has 1 heterocycles. The van der Waals surface area contributed by atoms with Gasteiger partial charge in [-0.3, -0.25) is 9.69 Å². The van der Waals surface area contributed by atoms with E-state index in [1.807, 2.05) is 0 Å². The highest BCUT2D eigenvalue weighted by atomic mass is 19.1. The zero-order valence-electron chi connectivity index (χ0n) is 9.08. The molecule has 0 aliphatic carbocycles. The number of rotatable bonds is 3. The van der Waals surface area contributed by atoms with Crippen LogP contribution in [0.3, 0.4) is 0 Å². The maximum atomic E-state index is 13.5. The second-order valence-corrected chi connectivity index (χ2v) is 4.12. The van der Waals surface area contributed by atoms with Crippen LogP contribution in [0.4, 0.5) is 4.39 Å². The van der Waals surface area contributed by atoms with E-state index in [4.69, 9.17) is 5.73 Å². The lowest BCUT2D eigenvalue weighted by molar-refractivity contribution is 0.0994. The van der Waals surface area contributed by atoms with Crippen LogP contribution in [0.5, 0.6) is 0 Å². The quantitative estimate of drug-likeness (QED) is 0.842. The van der Waals surface area contributed by atoms with Crippen LogP contribution in [0.15, 0.2) is 18.2 Å². The number of primary amides is 1. The van der Waals surface area contributed by atoms with Gasteiger partial charge in [0.2, 0.25) is 0 Å². The highest BCUT2D eigenvalue weighted by Crippen LogP contribution is 2.18. The number of amides is 1. The van der Waals surface area contributed by atoms with Crippen molar-refractivity contribution < 1.29 is 9.18 Å². The molecular formula is C12H15FN2O. The summed E-state index contributed by atoms with van der Waals surface area (Å²) in [6.07, 6.45) is 2.34. The van der Waals surface area contributed by atoms with Gasteiger partial charge >= 0.3 is 0 Å². The summed E-state index contributed by atoms with van der Waals surface area (Å²) < 4.78 is 13.5. The van der Waals surface area contributed by atoms with Crippen LogP contribution in [-0.4, -0.2) is 23.9 Å². The number of halogens is 1. The average Bonchev–Trinajstić information content (AvgIpc) is 2.70. The van der Waals surface area contributed by atoms with Gasteiger partial charge in [-0.2, -0.15) is 0 Å². The molecule has 0 atom stereocenters. The number of nitrogens with two attached hydrogens (primary N) is 1. The smallest absolute Gasteiger partial charge is 0.252 e. The number of carbonyl (C=O) groups is 1. The highest BCUT2D eigenvalue weighted by molar-refractivity contribution is 5.94. The molecule has 0 saturated carbocycles. The van der Waals surface area contributed by atoms with Gasteiger partial charge < -0.3 is 5.73 Å². The largest absolute Gasteiger partial charge is 0.365 e. The van der Waals surface area contributed by atoms with Crippen molar-refractivity contribution in [3.8, 4) is 0 Å². The lowest BCUT2D eigenvalue weighted by Gasteiger charge is -2.16. The molecule has 4 heteroatoms. The van der Waals surface area contributed by atoms with Crippen LogP contribution in [0, 0.1) is 5.82 Å². The Morgan fingerprint density at radius 3 is 2.69 bits per heavy atom.